The summed E-state index contributed by atoms with van der Waals surface area (Å²) in [5.74, 6) is 1.68. The van der Waals surface area contributed by atoms with E-state index in [0.29, 0.717) is 22.5 Å². The molecule has 2 amide bonds. The van der Waals surface area contributed by atoms with Gasteiger partial charge in [0.25, 0.3) is 0 Å². The first-order chi connectivity index (χ1) is 13.6. The highest BCUT2D eigenvalue weighted by molar-refractivity contribution is 8.03. The van der Waals surface area contributed by atoms with Crippen LogP contribution in [-0.4, -0.2) is 34.8 Å². The van der Waals surface area contributed by atoms with Crippen molar-refractivity contribution < 1.29 is 9.59 Å². The van der Waals surface area contributed by atoms with Crippen LogP contribution in [0, 0.1) is 22.7 Å². The van der Waals surface area contributed by atoms with Crippen LogP contribution in [0.5, 0.6) is 0 Å². The van der Waals surface area contributed by atoms with Gasteiger partial charge in [0.2, 0.25) is 11.8 Å². The second kappa shape index (κ2) is 11.7. The molecule has 0 atom stereocenters. The Bertz CT molecular complexity index is 843. The Balaban J connectivity index is 1.61. The van der Waals surface area contributed by atoms with Crippen LogP contribution in [0.2, 0.25) is 0 Å². The minimum atomic E-state index is -0.163. The van der Waals surface area contributed by atoms with Gasteiger partial charge in [0.05, 0.1) is 34.0 Å². The number of benzene rings is 2. The normalized spacial score (nSPS) is 9.79. The molecule has 8 heteroatoms. The molecular weight excluding hydrogens is 392 g/mol. The Labute approximate surface area is 172 Å². The molecule has 0 saturated carbocycles. The molecule has 0 saturated heterocycles. The van der Waals surface area contributed by atoms with Crippen molar-refractivity contribution in [1.82, 2.24) is 0 Å². The van der Waals surface area contributed by atoms with Crippen LogP contribution < -0.4 is 10.6 Å². The zero-order chi connectivity index (χ0) is 20.2. The summed E-state index contributed by atoms with van der Waals surface area (Å²) in [4.78, 5) is 23.9. The number of nitrogens with zero attached hydrogens (tertiary/aromatic N) is 2. The van der Waals surface area contributed by atoms with Crippen molar-refractivity contribution in [2.75, 3.05) is 33.6 Å². The van der Waals surface area contributed by atoms with Crippen LogP contribution in [0.4, 0.5) is 11.4 Å². The fourth-order valence-corrected chi connectivity index (χ4v) is 3.95. The Morgan fingerprint density at radius 1 is 0.750 bits per heavy atom. The molecule has 0 bridgehead atoms. The lowest BCUT2D eigenvalue weighted by atomic mass is 10.2. The molecule has 2 N–H and O–H groups in total. The fourth-order valence-electron chi connectivity index (χ4n) is 2.20. The van der Waals surface area contributed by atoms with Crippen LogP contribution in [-0.2, 0) is 9.59 Å². The summed E-state index contributed by atoms with van der Waals surface area (Å²) in [5, 5.41) is 23.5. The zero-order valence-electron chi connectivity index (χ0n) is 15.0. The summed E-state index contributed by atoms with van der Waals surface area (Å²) in [6.07, 6.45) is 0. The van der Waals surface area contributed by atoms with Crippen LogP contribution in [0.3, 0.4) is 0 Å². The smallest absolute Gasteiger partial charge is 0.234 e. The van der Waals surface area contributed by atoms with Gasteiger partial charge in [-0.05, 0) is 24.3 Å². The van der Waals surface area contributed by atoms with Gasteiger partial charge in [0, 0.05) is 11.5 Å². The first kappa shape index (κ1) is 21.4. The van der Waals surface area contributed by atoms with Gasteiger partial charge in [-0.2, -0.15) is 34.0 Å². The van der Waals surface area contributed by atoms with E-state index in [0.717, 1.165) is 11.5 Å². The van der Waals surface area contributed by atoms with Crippen LogP contribution in [0.1, 0.15) is 11.1 Å². The van der Waals surface area contributed by atoms with E-state index in [4.69, 9.17) is 10.5 Å². The van der Waals surface area contributed by atoms with E-state index in [-0.39, 0.29) is 23.3 Å². The van der Waals surface area contributed by atoms with E-state index in [9.17, 15) is 9.59 Å². The Kier molecular flexibility index (Phi) is 8.93. The first-order valence-corrected chi connectivity index (χ1v) is 10.7. The van der Waals surface area contributed by atoms with Gasteiger partial charge in [-0.25, -0.2) is 0 Å². The van der Waals surface area contributed by atoms with Gasteiger partial charge in [0.15, 0.2) is 0 Å². The number of hydrogen-bond acceptors (Lipinski definition) is 6. The minimum Gasteiger partial charge on any atom is -0.324 e. The molecule has 28 heavy (non-hydrogen) atoms. The number of nitriles is 2. The number of carbonyl (C=O) groups excluding carboxylic acids is 2. The second-order valence-corrected chi connectivity index (χ2v) is 7.73. The molecule has 0 aliphatic heterocycles. The van der Waals surface area contributed by atoms with Gasteiger partial charge in [0.1, 0.15) is 12.1 Å². The predicted octanol–water partition coefficient (Wildman–Crippen LogP) is 3.47. The van der Waals surface area contributed by atoms with Crippen molar-refractivity contribution in [3.63, 3.8) is 0 Å². The van der Waals surface area contributed by atoms with Crippen molar-refractivity contribution in [3.05, 3.63) is 59.7 Å². The second-order valence-electron chi connectivity index (χ2n) is 5.52. The maximum atomic E-state index is 11.9. The number of anilines is 2. The van der Waals surface area contributed by atoms with Crippen molar-refractivity contribution in [2.24, 2.45) is 0 Å². The van der Waals surface area contributed by atoms with Gasteiger partial charge in [-0.15, -0.1) is 0 Å². The molecule has 2 aromatic carbocycles. The number of carbonyl (C=O) groups is 2. The Hall–Kier alpha value is -2.94. The zero-order valence-corrected chi connectivity index (χ0v) is 16.6. The maximum Gasteiger partial charge on any atom is 0.234 e. The quantitative estimate of drug-likeness (QED) is 0.613. The molecule has 0 heterocycles. The van der Waals surface area contributed by atoms with E-state index in [1.54, 1.807) is 48.5 Å². The predicted molar refractivity (Wildman–Crippen MR) is 114 cm³/mol. The molecule has 0 spiro atoms. The van der Waals surface area contributed by atoms with Crippen molar-refractivity contribution in [2.45, 2.75) is 0 Å². The molecule has 0 radical (unpaired) electrons. The number of thioether (sulfide) groups is 2. The Morgan fingerprint density at radius 3 is 1.54 bits per heavy atom. The molecule has 0 fully saturated rings. The lowest BCUT2D eigenvalue weighted by Gasteiger charge is -2.07. The van der Waals surface area contributed by atoms with E-state index in [2.05, 4.69) is 10.6 Å². The van der Waals surface area contributed by atoms with Gasteiger partial charge in [-0.3, -0.25) is 9.59 Å². The lowest BCUT2D eigenvalue weighted by Crippen LogP contribution is -2.16. The average molecular weight is 411 g/mol. The highest BCUT2D eigenvalue weighted by Gasteiger charge is 2.08. The third-order valence-corrected chi connectivity index (χ3v) is 5.66. The van der Waals surface area contributed by atoms with E-state index in [1.807, 2.05) is 12.1 Å². The molecular formula is C20H18N4O2S2. The third-order valence-electron chi connectivity index (χ3n) is 3.48. The topological polar surface area (TPSA) is 106 Å². The van der Waals surface area contributed by atoms with Crippen molar-refractivity contribution in [3.8, 4) is 12.1 Å². The van der Waals surface area contributed by atoms with Crippen LogP contribution in [0.25, 0.3) is 0 Å². The molecule has 0 unspecified atom stereocenters. The van der Waals surface area contributed by atoms with Crippen molar-refractivity contribution in [1.29, 1.82) is 10.5 Å². The number of rotatable bonds is 9. The summed E-state index contributed by atoms with van der Waals surface area (Å²) < 4.78 is 0. The number of amides is 2. The molecule has 2 aromatic rings. The first-order valence-electron chi connectivity index (χ1n) is 8.37. The van der Waals surface area contributed by atoms with Crippen molar-refractivity contribution >= 4 is 46.7 Å². The number of hydrogen-bond donors (Lipinski definition) is 2. The minimum absolute atomic E-state index is 0.163. The highest BCUT2D eigenvalue weighted by Crippen LogP contribution is 2.16. The summed E-state index contributed by atoms with van der Waals surface area (Å²) >= 11 is 2.93. The molecule has 0 aromatic heterocycles. The number of para-hydroxylation sites is 2. The van der Waals surface area contributed by atoms with E-state index >= 15 is 0 Å². The van der Waals surface area contributed by atoms with Gasteiger partial charge in [-0.1, -0.05) is 24.3 Å². The molecule has 2 rings (SSSR count). The number of nitrogens with one attached hydrogen (secondary N) is 2. The maximum absolute atomic E-state index is 11.9. The lowest BCUT2D eigenvalue weighted by molar-refractivity contribution is -0.114. The van der Waals surface area contributed by atoms with Crippen LogP contribution >= 0.6 is 23.5 Å². The highest BCUT2D eigenvalue weighted by atomic mass is 32.2. The Morgan fingerprint density at radius 2 is 1.14 bits per heavy atom. The molecule has 6 nitrogen and oxygen atoms in total. The molecule has 142 valence electrons. The van der Waals surface area contributed by atoms with E-state index in [1.165, 1.54) is 23.5 Å². The molecule has 0 aliphatic rings. The summed E-state index contributed by atoms with van der Waals surface area (Å²) in [7, 11) is 0. The van der Waals surface area contributed by atoms with Gasteiger partial charge < -0.3 is 10.6 Å². The van der Waals surface area contributed by atoms with E-state index < -0.39 is 0 Å². The third kappa shape index (κ3) is 6.99. The SMILES string of the molecule is N#Cc1ccccc1NC(=O)CSCCSCC(=O)Nc1ccccc1C#N. The van der Waals surface area contributed by atoms with Gasteiger partial charge >= 0.3 is 0 Å². The standard InChI is InChI=1S/C20H18N4O2S2/c21-11-15-5-1-3-7-17(15)23-19(25)13-27-9-10-28-14-20(26)24-18-8-4-2-6-16(18)12-22/h1-8H,9-10,13-14H2,(H,23,25)(H,24,26). The average Bonchev–Trinajstić information content (AvgIpc) is 2.71. The largest absolute Gasteiger partial charge is 0.324 e. The molecule has 0 aliphatic carbocycles. The van der Waals surface area contributed by atoms with Crippen LogP contribution in [0.15, 0.2) is 48.5 Å². The summed E-state index contributed by atoms with van der Waals surface area (Å²) in [6, 6.07) is 17.8. The summed E-state index contributed by atoms with van der Waals surface area (Å²) in [5.41, 5.74) is 1.89. The summed E-state index contributed by atoms with van der Waals surface area (Å²) in [6.45, 7) is 0. The monoisotopic (exact) mass is 410 g/mol. The fraction of sp³-hybridized carbons (Fsp3) is 0.200.